The van der Waals surface area contributed by atoms with Crippen molar-refractivity contribution in [2.75, 3.05) is 18.4 Å². The zero-order chi connectivity index (χ0) is 15.0. The number of nitrogens with two attached hydrogens (primary N) is 1. The molecule has 1 atom stereocenters. The first-order chi connectivity index (χ1) is 9.49. The van der Waals surface area contributed by atoms with Gasteiger partial charge >= 0.3 is 0 Å². The van der Waals surface area contributed by atoms with Crippen molar-refractivity contribution < 1.29 is 4.79 Å². The summed E-state index contributed by atoms with van der Waals surface area (Å²) in [7, 11) is 0. The maximum atomic E-state index is 11.7. The molecule has 0 aliphatic carbocycles. The van der Waals surface area contributed by atoms with Crippen LogP contribution in [0.4, 0.5) is 5.82 Å². The first-order valence-corrected chi connectivity index (χ1v) is 7.19. The van der Waals surface area contributed by atoms with Crippen LogP contribution in [0.25, 0.3) is 0 Å². The van der Waals surface area contributed by atoms with Crippen molar-refractivity contribution >= 4 is 36.5 Å². The van der Waals surface area contributed by atoms with Gasteiger partial charge in [0, 0.05) is 19.3 Å². The lowest BCUT2D eigenvalue weighted by Gasteiger charge is -2.14. The van der Waals surface area contributed by atoms with Crippen LogP contribution < -0.4 is 16.4 Å². The molecule has 1 rings (SSSR count). The fraction of sp³-hybridized carbons (Fsp3) is 0.600. The van der Waals surface area contributed by atoms with Crippen molar-refractivity contribution in [1.29, 1.82) is 0 Å². The van der Waals surface area contributed by atoms with Gasteiger partial charge in [0.1, 0.15) is 5.82 Å². The van der Waals surface area contributed by atoms with Gasteiger partial charge in [0.05, 0.1) is 6.04 Å². The highest BCUT2D eigenvalue weighted by molar-refractivity contribution is 5.85. The smallest absolute Gasteiger partial charge is 0.236 e. The van der Waals surface area contributed by atoms with Gasteiger partial charge in [-0.3, -0.25) is 4.79 Å². The molecule has 1 aromatic rings. The van der Waals surface area contributed by atoms with E-state index in [0.717, 1.165) is 30.8 Å². The SMILES string of the molecule is Cc1ccc(NCCCNC(=O)[C@@H](N)CC(C)C)nc1.Cl.Cl. The Kier molecular flexibility index (Phi) is 13.2. The number of hydrogen-bond acceptors (Lipinski definition) is 4. The molecule has 1 heterocycles. The van der Waals surface area contributed by atoms with Gasteiger partial charge in [-0.25, -0.2) is 4.98 Å². The number of anilines is 1. The summed E-state index contributed by atoms with van der Waals surface area (Å²) < 4.78 is 0. The highest BCUT2D eigenvalue weighted by Gasteiger charge is 2.13. The molecule has 0 aliphatic heterocycles. The van der Waals surface area contributed by atoms with Gasteiger partial charge in [-0.05, 0) is 37.3 Å². The van der Waals surface area contributed by atoms with E-state index >= 15 is 0 Å². The molecule has 0 saturated heterocycles. The summed E-state index contributed by atoms with van der Waals surface area (Å²) in [5, 5.41) is 6.07. The van der Waals surface area contributed by atoms with Crippen molar-refractivity contribution in [1.82, 2.24) is 10.3 Å². The van der Waals surface area contributed by atoms with Crippen LogP contribution in [0.5, 0.6) is 0 Å². The van der Waals surface area contributed by atoms with Gasteiger partial charge in [-0.1, -0.05) is 19.9 Å². The predicted molar refractivity (Wildman–Crippen MR) is 97.0 cm³/mol. The molecule has 0 radical (unpaired) electrons. The molecule has 0 saturated carbocycles. The lowest BCUT2D eigenvalue weighted by atomic mass is 10.0. The third kappa shape index (κ3) is 9.82. The van der Waals surface area contributed by atoms with E-state index in [2.05, 4.69) is 29.5 Å². The quantitative estimate of drug-likeness (QED) is 0.629. The Balaban J connectivity index is 0. The summed E-state index contributed by atoms with van der Waals surface area (Å²) in [5.41, 5.74) is 6.94. The normalized spacial score (nSPS) is 11.1. The number of pyridine rings is 1. The predicted octanol–water partition coefficient (Wildman–Crippen LogP) is 2.53. The van der Waals surface area contributed by atoms with Gasteiger partial charge in [-0.2, -0.15) is 0 Å². The Hall–Kier alpha value is -1.04. The first kappa shape index (κ1) is 23.2. The molecule has 22 heavy (non-hydrogen) atoms. The number of aryl methyl sites for hydroxylation is 1. The second-order valence-corrected chi connectivity index (χ2v) is 5.53. The molecule has 0 fully saturated rings. The third-order valence-electron chi connectivity index (χ3n) is 2.93. The summed E-state index contributed by atoms with van der Waals surface area (Å²) in [6.45, 7) is 7.53. The van der Waals surface area contributed by atoms with Gasteiger partial charge in [-0.15, -0.1) is 24.8 Å². The maximum Gasteiger partial charge on any atom is 0.236 e. The molecule has 5 nitrogen and oxygen atoms in total. The van der Waals surface area contributed by atoms with Gasteiger partial charge in [0.15, 0.2) is 0 Å². The molecule has 1 aromatic heterocycles. The summed E-state index contributed by atoms with van der Waals surface area (Å²) in [6, 6.07) is 3.57. The number of amides is 1. The van der Waals surface area contributed by atoms with E-state index in [1.165, 1.54) is 0 Å². The minimum absolute atomic E-state index is 0. The Morgan fingerprint density at radius 1 is 1.27 bits per heavy atom. The average molecular weight is 351 g/mol. The summed E-state index contributed by atoms with van der Waals surface area (Å²) in [5.74, 6) is 1.23. The van der Waals surface area contributed by atoms with Crippen LogP contribution in [0.1, 0.15) is 32.3 Å². The molecular weight excluding hydrogens is 323 g/mol. The minimum atomic E-state index is -0.401. The molecule has 0 bridgehead atoms. The number of nitrogens with zero attached hydrogens (tertiary/aromatic N) is 1. The van der Waals surface area contributed by atoms with Crippen molar-refractivity contribution in [2.45, 2.75) is 39.7 Å². The molecule has 1 amide bonds. The number of hydrogen-bond donors (Lipinski definition) is 3. The van der Waals surface area contributed by atoms with E-state index in [9.17, 15) is 4.79 Å². The number of aromatic nitrogens is 1. The Morgan fingerprint density at radius 2 is 1.95 bits per heavy atom. The van der Waals surface area contributed by atoms with E-state index in [0.29, 0.717) is 12.5 Å². The standard InChI is InChI=1S/C15H26N4O.2ClH/c1-11(2)9-13(16)15(20)18-8-4-7-17-14-6-5-12(3)10-19-14;;/h5-6,10-11,13H,4,7-9,16H2,1-3H3,(H,17,19)(H,18,20);2*1H/t13-;;/m0../s1. The topological polar surface area (TPSA) is 80.0 Å². The largest absolute Gasteiger partial charge is 0.370 e. The average Bonchev–Trinajstić information content (AvgIpc) is 2.39. The van der Waals surface area contributed by atoms with Crippen molar-refractivity contribution in [3.05, 3.63) is 23.9 Å². The lowest BCUT2D eigenvalue weighted by molar-refractivity contribution is -0.122. The van der Waals surface area contributed by atoms with E-state index < -0.39 is 6.04 Å². The van der Waals surface area contributed by atoms with Crippen molar-refractivity contribution in [3.63, 3.8) is 0 Å². The van der Waals surface area contributed by atoms with E-state index in [4.69, 9.17) is 5.73 Å². The fourth-order valence-corrected chi connectivity index (χ4v) is 1.83. The Bertz CT molecular complexity index is 413. The van der Waals surface area contributed by atoms with Crippen LogP contribution in [-0.2, 0) is 4.79 Å². The second kappa shape index (κ2) is 12.5. The van der Waals surface area contributed by atoms with E-state index in [1.807, 2.05) is 25.3 Å². The monoisotopic (exact) mass is 350 g/mol. The first-order valence-electron chi connectivity index (χ1n) is 7.19. The van der Waals surface area contributed by atoms with Crippen LogP contribution in [-0.4, -0.2) is 30.0 Å². The van der Waals surface area contributed by atoms with E-state index in [-0.39, 0.29) is 30.7 Å². The molecule has 0 aromatic carbocycles. The fourth-order valence-electron chi connectivity index (χ4n) is 1.83. The second-order valence-electron chi connectivity index (χ2n) is 5.53. The minimum Gasteiger partial charge on any atom is -0.370 e. The highest BCUT2D eigenvalue weighted by atomic mass is 35.5. The zero-order valence-corrected chi connectivity index (χ0v) is 15.1. The summed E-state index contributed by atoms with van der Waals surface area (Å²) in [4.78, 5) is 15.9. The Labute approximate surface area is 145 Å². The molecule has 0 aliphatic rings. The Morgan fingerprint density at radius 3 is 2.50 bits per heavy atom. The number of halogens is 2. The molecule has 7 heteroatoms. The highest BCUT2D eigenvalue weighted by Crippen LogP contribution is 2.04. The lowest BCUT2D eigenvalue weighted by Crippen LogP contribution is -2.41. The number of carbonyl (C=O) groups is 1. The molecule has 128 valence electrons. The number of rotatable bonds is 8. The van der Waals surface area contributed by atoms with Crippen LogP contribution in [0.3, 0.4) is 0 Å². The summed E-state index contributed by atoms with van der Waals surface area (Å²) in [6.07, 6.45) is 3.39. The zero-order valence-electron chi connectivity index (χ0n) is 13.5. The molecule has 0 spiro atoms. The van der Waals surface area contributed by atoms with Gasteiger partial charge < -0.3 is 16.4 Å². The maximum absolute atomic E-state index is 11.7. The molecule has 0 unspecified atom stereocenters. The number of nitrogens with one attached hydrogen (secondary N) is 2. The van der Waals surface area contributed by atoms with Crippen LogP contribution >= 0.6 is 24.8 Å². The summed E-state index contributed by atoms with van der Waals surface area (Å²) >= 11 is 0. The molecular formula is C15H28Cl2N4O. The molecule has 4 N–H and O–H groups in total. The van der Waals surface area contributed by atoms with Gasteiger partial charge in [0.25, 0.3) is 0 Å². The van der Waals surface area contributed by atoms with Crippen molar-refractivity contribution in [2.24, 2.45) is 11.7 Å². The van der Waals surface area contributed by atoms with Crippen molar-refractivity contribution in [3.8, 4) is 0 Å². The third-order valence-corrected chi connectivity index (χ3v) is 2.93. The van der Waals surface area contributed by atoms with Gasteiger partial charge in [0.2, 0.25) is 5.91 Å². The van der Waals surface area contributed by atoms with Crippen LogP contribution in [0.2, 0.25) is 0 Å². The van der Waals surface area contributed by atoms with Crippen LogP contribution in [0.15, 0.2) is 18.3 Å². The van der Waals surface area contributed by atoms with Crippen LogP contribution in [0, 0.1) is 12.8 Å². The van der Waals surface area contributed by atoms with E-state index in [1.54, 1.807) is 0 Å². The number of carbonyl (C=O) groups excluding carboxylic acids is 1.